The Labute approximate surface area is 221 Å². The van der Waals surface area contributed by atoms with Crippen molar-refractivity contribution in [1.29, 1.82) is 0 Å². The average Bonchev–Trinajstić information content (AvgIpc) is 3.63. The maximum atomic E-state index is 13.7. The van der Waals surface area contributed by atoms with Gasteiger partial charge in [-0.05, 0) is 78.6 Å². The van der Waals surface area contributed by atoms with Crippen molar-refractivity contribution >= 4 is 23.2 Å². The first-order chi connectivity index (χ1) is 18.1. The summed E-state index contributed by atoms with van der Waals surface area (Å²) in [6, 6.07) is 16.4. The number of ether oxygens (including phenoxy) is 3. The van der Waals surface area contributed by atoms with E-state index >= 15 is 0 Å². The summed E-state index contributed by atoms with van der Waals surface area (Å²) in [4.78, 5) is 32.0. The molecule has 2 heterocycles. The maximum Gasteiger partial charge on any atom is 0.254 e. The van der Waals surface area contributed by atoms with Crippen LogP contribution >= 0.6 is 11.3 Å². The van der Waals surface area contributed by atoms with Crippen molar-refractivity contribution in [2.24, 2.45) is 5.92 Å². The summed E-state index contributed by atoms with van der Waals surface area (Å²) in [7, 11) is 3.22. The summed E-state index contributed by atoms with van der Waals surface area (Å²) in [6.45, 7) is 1.58. The molecular formula is C29H32N2O5S. The van der Waals surface area contributed by atoms with Gasteiger partial charge in [-0.25, -0.2) is 0 Å². The Morgan fingerprint density at radius 2 is 1.76 bits per heavy atom. The van der Waals surface area contributed by atoms with Gasteiger partial charge in [-0.3, -0.25) is 9.59 Å². The minimum absolute atomic E-state index is 0.0521. The fourth-order valence-corrected chi connectivity index (χ4v) is 5.67. The molecule has 1 aromatic heterocycles. The molecule has 1 fully saturated rings. The third kappa shape index (κ3) is 5.91. The summed E-state index contributed by atoms with van der Waals surface area (Å²) in [5.41, 5.74) is 1.69. The molecule has 2 amide bonds. The third-order valence-electron chi connectivity index (χ3n) is 6.99. The highest BCUT2D eigenvalue weighted by Gasteiger charge is 2.35. The number of methoxy groups -OCH3 is 2. The lowest BCUT2D eigenvalue weighted by atomic mass is 10.00. The van der Waals surface area contributed by atoms with Crippen LogP contribution in [0, 0.1) is 5.92 Å². The smallest absolute Gasteiger partial charge is 0.254 e. The minimum Gasteiger partial charge on any atom is -0.497 e. The highest BCUT2D eigenvalue weighted by Crippen LogP contribution is 2.35. The fraction of sp³-hybridized carbons (Fsp3) is 0.379. The topological polar surface area (TPSA) is 68.3 Å². The van der Waals surface area contributed by atoms with Crippen molar-refractivity contribution < 1.29 is 23.8 Å². The van der Waals surface area contributed by atoms with Crippen LogP contribution in [0.4, 0.5) is 0 Å². The molecule has 1 aliphatic carbocycles. The van der Waals surface area contributed by atoms with E-state index in [2.05, 4.69) is 11.4 Å². The summed E-state index contributed by atoms with van der Waals surface area (Å²) in [6.07, 6.45) is 3.00. The van der Waals surface area contributed by atoms with Crippen LogP contribution < -0.4 is 14.2 Å². The first kappa shape index (κ1) is 25.1. The van der Waals surface area contributed by atoms with Crippen LogP contribution in [0.3, 0.4) is 0 Å². The zero-order valence-electron chi connectivity index (χ0n) is 21.2. The number of rotatable bonds is 10. The van der Waals surface area contributed by atoms with Crippen molar-refractivity contribution in [3.8, 4) is 17.2 Å². The molecule has 37 heavy (non-hydrogen) atoms. The molecule has 3 aromatic rings. The maximum absolute atomic E-state index is 13.7. The average molecular weight is 521 g/mol. The van der Waals surface area contributed by atoms with Gasteiger partial charge in [0.25, 0.3) is 5.91 Å². The van der Waals surface area contributed by atoms with Gasteiger partial charge in [0.2, 0.25) is 5.91 Å². The van der Waals surface area contributed by atoms with Crippen molar-refractivity contribution in [2.75, 3.05) is 40.5 Å². The van der Waals surface area contributed by atoms with Gasteiger partial charge in [-0.1, -0.05) is 6.07 Å². The molecule has 8 heteroatoms. The first-order valence-corrected chi connectivity index (χ1v) is 13.5. The summed E-state index contributed by atoms with van der Waals surface area (Å²) in [5.74, 6) is 2.39. The Morgan fingerprint density at radius 1 is 1.00 bits per heavy atom. The van der Waals surface area contributed by atoms with Gasteiger partial charge in [0.1, 0.15) is 30.4 Å². The number of fused-ring (bicyclic) bond motifs is 1. The first-order valence-electron chi connectivity index (χ1n) is 12.6. The number of carbonyl (C=O) groups is 2. The lowest BCUT2D eigenvalue weighted by Gasteiger charge is -2.37. The Balaban J connectivity index is 1.33. The number of thiophene rings is 1. The predicted molar refractivity (Wildman–Crippen MR) is 143 cm³/mol. The van der Waals surface area contributed by atoms with E-state index in [9.17, 15) is 9.59 Å². The number of hydrogen-bond acceptors (Lipinski definition) is 6. The number of hydrogen-bond donors (Lipinski definition) is 0. The van der Waals surface area contributed by atoms with Crippen LogP contribution in [0.15, 0.2) is 60.0 Å². The lowest BCUT2D eigenvalue weighted by Crippen LogP contribution is -2.48. The molecule has 1 unspecified atom stereocenters. The Kier molecular flexibility index (Phi) is 7.65. The molecular weight excluding hydrogens is 488 g/mol. The monoisotopic (exact) mass is 520 g/mol. The minimum atomic E-state index is -0.215. The van der Waals surface area contributed by atoms with E-state index < -0.39 is 0 Å². The number of carbonyl (C=O) groups excluding carboxylic acids is 2. The van der Waals surface area contributed by atoms with Crippen molar-refractivity contribution in [1.82, 2.24) is 9.80 Å². The molecule has 2 aliphatic rings. The molecule has 0 bridgehead atoms. The van der Waals surface area contributed by atoms with E-state index in [1.54, 1.807) is 54.7 Å². The van der Waals surface area contributed by atoms with E-state index in [-0.39, 0.29) is 24.4 Å². The van der Waals surface area contributed by atoms with Crippen LogP contribution in [0.5, 0.6) is 17.2 Å². The van der Waals surface area contributed by atoms with Gasteiger partial charge in [-0.15, -0.1) is 11.3 Å². The quantitative estimate of drug-likeness (QED) is 0.383. The van der Waals surface area contributed by atoms with Gasteiger partial charge in [-0.2, -0.15) is 0 Å². The second-order valence-corrected chi connectivity index (χ2v) is 10.5. The zero-order chi connectivity index (χ0) is 25.8. The summed E-state index contributed by atoms with van der Waals surface area (Å²) in [5, 5.41) is 2.07. The number of amides is 2. The normalized spacial score (nSPS) is 16.6. The zero-order valence-corrected chi connectivity index (χ0v) is 22.0. The van der Waals surface area contributed by atoms with Crippen LogP contribution in [-0.4, -0.2) is 62.1 Å². The van der Waals surface area contributed by atoms with E-state index in [4.69, 9.17) is 14.2 Å². The third-order valence-corrected chi connectivity index (χ3v) is 7.99. The molecule has 1 aliphatic heterocycles. The van der Waals surface area contributed by atoms with Crippen molar-refractivity contribution in [3.63, 3.8) is 0 Å². The van der Waals surface area contributed by atoms with Gasteiger partial charge in [0.05, 0.1) is 20.3 Å². The highest BCUT2D eigenvalue weighted by molar-refractivity contribution is 7.10. The largest absolute Gasteiger partial charge is 0.497 e. The van der Waals surface area contributed by atoms with Gasteiger partial charge in [0.15, 0.2) is 0 Å². The van der Waals surface area contributed by atoms with Crippen molar-refractivity contribution in [2.45, 2.75) is 25.3 Å². The summed E-state index contributed by atoms with van der Waals surface area (Å²) < 4.78 is 16.7. The van der Waals surface area contributed by atoms with Gasteiger partial charge >= 0.3 is 0 Å². The fourth-order valence-electron chi connectivity index (χ4n) is 4.74. The van der Waals surface area contributed by atoms with Gasteiger partial charge < -0.3 is 24.0 Å². The molecule has 2 aromatic carbocycles. The standard InChI is InChI=1S/C29H32N2O5S/c1-34-22-10-8-21(9-11-22)29(33)30(17-20-6-7-20)18-28(32)31-14-12-27-25(13-15-37-27)26(31)19-36-24-5-3-4-23(16-24)35-2/h3-5,8-11,13,15-16,20,26H,6-7,12,14,17-19H2,1-2H3. The van der Waals surface area contributed by atoms with Crippen molar-refractivity contribution in [3.05, 3.63) is 76.0 Å². The second kappa shape index (κ2) is 11.3. The second-order valence-electron chi connectivity index (χ2n) is 9.50. The Hall–Kier alpha value is -3.52. The van der Waals surface area contributed by atoms with E-state index in [1.807, 2.05) is 29.2 Å². The lowest BCUT2D eigenvalue weighted by molar-refractivity contribution is -0.135. The van der Waals surface area contributed by atoms with Crippen LogP contribution in [-0.2, 0) is 11.2 Å². The molecule has 5 rings (SSSR count). The SMILES string of the molecule is COc1ccc(C(=O)N(CC(=O)N2CCc3sccc3C2COc2cccc(OC)c2)CC2CC2)cc1. The molecule has 0 N–H and O–H groups in total. The Bertz CT molecular complexity index is 1240. The molecule has 0 spiro atoms. The molecule has 7 nitrogen and oxygen atoms in total. The van der Waals surface area contributed by atoms with Crippen LogP contribution in [0.2, 0.25) is 0 Å². The summed E-state index contributed by atoms with van der Waals surface area (Å²) >= 11 is 1.72. The van der Waals surface area contributed by atoms with E-state index in [0.717, 1.165) is 30.6 Å². The van der Waals surface area contributed by atoms with Crippen LogP contribution in [0.1, 0.15) is 39.7 Å². The molecule has 194 valence electrons. The number of nitrogens with zero attached hydrogens (tertiary/aromatic N) is 2. The van der Waals surface area contributed by atoms with E-state index in [0.29, 0.717) is 42.7 Å². The molecule has 0 saturated heterocycles. The number of benzene rings is 2. The Morgan fingerprint density at radius 3 is 2.49 bits per heavy atom. The molecule has 1 atom stereocenters. The van der Waals surface area contributed by atoms with E-state index in [1.165, 1.54) is 4.88 Å². The molecule has 1 saturated carbocycles. The highest BCUT2D eigenvalue weighted by atomic mass is 32.1. The molecule has 0 radical (unpaired) electrons. The van der Waals surface area contributed by atoms with Crippen LogP contribution in [0.25, 0.3) is 0 Å². The predicted octanol–water partition coefficient (Wildman–Crippen LogP) is 4.82. The van der Waals surface area contributed by atoms with Gasteiger partial charge in [0, 0.05) is 29.6 Å².